The second-order valence-electron chi connectivity index (χ2n) is 3.73. The van der Waals surface area contributed by atoms with Crippen LogP contribution in [0, 0.1) is 10.5 Å². The summed E-state index contributed by atoms with van der Waals surface area (Å²) in [6.07, 6.45) is 0.156. The monoisotopic (exact) mass is 222 g/mol. The van der Waals surface area contributed by atoms with Crippen molar-refractivity contribution in [1.29, 1.82) is 5.59 Å². The zero-order valence-corrected chi connectivity index (χ0v) is 9.23. The van der Waals surface area contributed by atoms with Gasteiger partial charge in [0.2, 0.25) is 0 Å². The first-order chi connectivity index (χ1) is 7.86. The Labute approximate surface area is 95.4 Å². The summed E-state index contributed by atoms with van der Waals surface area (Å²) in [5.74, 6) is 0. The summed E-state index contributed by atoms with van der Waals surface area (Å²) in [6.45, 7) is 3.94. The fraction of sp³-hybridized carbons (Fsp3) is 0.455. The molecule has 4 N–H and O–H groups in total. The highest BCUT2D eigenvalue weighted by Crippen LogP contribution is 2.06. The maximum Gasteiger partial charge on any atom is 0.0703 e. The summed E-state index contributed by atoms with van der Waals surface area (Å²) < 4.78 is 0. The Kier molecular flexibility index (Phi) is 5.63. The van der Waals surface area contributed by atoms with Crippen molar-refractivity contribution < 1.29 is 0 Å². The van der Waals surface area contributed by atoms with Gasteiger partial charge in [0.05, 0.1) is 6.17 Å². The molecule has 0 aliphatic carbocycles. The van der Waals surface area contributed by atoms with Gasteiger partial charge >= 0.3 is 0 Å². The predicted octanol–water partition coefficient (Wildman–Crippen LogP) is 0.708. The lowest BCUT2D eigenvalue weighted by molar-refractivity contribution is 0.157. The minimum Gasteiger partial charge on any atom is -0.315 e. The zero-order chi connectivity index (χ0) is 11.8. The molecule has 1 atom stereocenters. The van der Waals surface area contributed by atoms with Crippen molar-refractivity contribution in [2.45, 2.75) is 12.7 Å². The van der Waals surface area contributed by atoms with E-state index in [2.05, 4.69) is 40.1 Å². The first-order valence-electron chi connectivity index (χ1n) is 5.31. The summed E-state index contributed by atoms with van der Waals surface area (Å²) in [5.41, 5.74) is 11.8. The lowest BCUT2D eigenvalue weighted by Crippen LogP contribution is -2.55. The molecular formula is C11H18N4O. The average Bonchev–Trinajstić information content (AvgIpc) is 2.36. The van der Waals surface area contributed by atoms with Crippen LogP contribution in [0.15, 0.2) is 30.3 Å². The van der Waals surface area contributed by atoms with Crippen LogP contribution in [0.3, 0.4) is 0 Å². The van der Waals surface area contributed by atoms with Crippen LogP contribution in [-0.2, 0) is 6.54 Å². The number of nitrogens with zero attached hydrogens (tertiary/aromatic N) is 1. The topological polar surface area (TPSA) is 82.2 Å². The Hall–Kier alpha value is -1.30. The molecule has 0 radical (unpaired) electrons. The van der Waals surface area contributed by atoms with E-state index in [1.54, 1.807) is 0 Å². The minimum atomic E-state index is 0.156. The maximum absolute atomic E-state index is 7.50. The van der Waals surface area contributed by atoms with Crippen LogP contribution in [0.4, 0.5) is 0 Å². The zero-order valence-electron chi connectivity index (χ0n) is 9.23. The van der Waals surface area contributed by atoms with E-state index >= 15 is 0 Å². The fourth-order valence-electron chi connectivity index (χ4n) is 1.78. The van der Waals surface area contributed by atoms with E-state index in [1.807, 2.05) is 6.07 Å². The molecule has 16 heavy (non-hydrogen) atoms. The number of benzene rings is 1. The average molecular weight is 222 g/mol. The molecule has 2 rings (SSSR count). The van der Waals surface area contributed by atoms with E-state index in [-0.39, 0.29) is 6.17 Å². The van der Waals surface area contributed by atoms with Crippen molar-refractivity contribution in [3.63, 3.8) is 0 Å². The molecule has 1 unspecified atom stereocenters. The molecule has 1 aliphatic rings. The number of hydrogen-bond donors (Lipinski definition) is 3. The Morgan fingerprint density at radius 3 is 2.69 bits per heavy atom. The quantitative estimate of drug-likeness (QED) is 0.644. The molecule has 0 spiro atoms. The maximum atomic E-state index is 7.50. The summed E-state index contributed by atoms with van der Waals surface area (Å²) in [5, 5.41) is 3.28. The van der Waals surface area contributed by atoms with Gasteiger partial charge in [0, 0.05) is 26.2 Å². The van der Waals surface area contributed by atoms with E-state index in [9.17, 15) is 0 Å². The number of rotatable bonds is 2. The van der Waals surface area contributed by atoms with Gasteiger partial charge in [-0.15, -0.1) is 0 Å². The van der Waals surface area contributed by atoms with Crippen LogP contribution in [0.25, 0.3) is 0 Å². The van der Waals surface area contributed by atoms with Gasteiger partial charge in [0.15, 0.2) is 0 Å². The number of nitrogens with two attached hydrogens (primary N) is 1. The molecule has 0 saturated carbocycles. The van der Waals surface area contributed by atoms with Crippen LogP contribution < -0.4 is 11.1 Å². The predicted molar refractivity (Wildman–Crippen MR) is 63.8 cm³/mol. The number of piperazine rings is 1. The van der Waals surface area contributed by atoms with Crippen LogP contribution in [0.1, 0.15) is 5.56 Å². The largest absolute Gasteiger partial charge is 0.315 e. The van der Waals surface area contributed by atoms with Crippen molar-refractivity contribution in [3.05, 3.63) is 40.8 Å². The highest BCUT2D eigenvalue weighted by Gasteiger charge is 2.17. The Morgan fingerprint density at radius 1 is 1.38 bits per heavy atom. The van der Waals surface area contributed by atoms with Gasteiger partial charge < -0.3 is 11.1 Å². The van der Waals surface area contributed by atoms with E-state index in [0.717, 1.165) is 26.2 Å². The van der Waals surface area contributed by atoms with E-state index < -0.39 is 0 Å². The molecule has 1 saturated heterocycles. The fourth-order valence-corrected chi connectivity index (χ4v) is 1.78. The minimum absolute atomic E-state index is 0.156. The summed E-state index contributed by atoms with van der Waals surface area (Å²) in [6, 6.07) is 10.5. The van der Waals surface area contributed by atoms with Crippen molar-refractivity contribution in [3.8, 4) is 0 Å². The Balaban J connectivity index is 0.000000606. The summed E-state index contributed by atoms with van der Waals surface area (Å²) in [7, 11) is 0. The molecule has 5 nitrogen and oxygen atoms in total. The third kappa shape index (κ3) is 3.69. The van der Waals surface area contributed by atoms with E-state index in [4.69, 9.17) is 10.6 Å². The molecule has 1 aliphatic heterocycles. The normalized spacial score (nSPS) is 20.9. The third-order valence-corrected chi connectivity index (χ3v) is 2.63. The summed E-state index contributed by atoms with van der Waals surface area (Å²) >= 11 is 0. The number of nitroso groups, excluding NO2 is 1. The molecule has 1 aromatic rings. The highest BCUT2D eigenvalue weighted by atomic mass is 16.2. The standard InChI is InChI=1S/C11H17N3.HNO/c12-11-8-13-6-7-14(11)9-10-4-2-1-3-5-10;1-2/h1-5,11,13H,6-9,12H2;1H. The third-order valence-electron chi connectivity index (χ3n) is 2.63. The van der Waals surface area contributed by atoms with Gasteiger partial charge in [-0.05, 0) is 5.56 Å². The van der Waals surface area contributed by atoms with Gasteiger partial charge in [-0.3, -0.25) is 4.90 Å². The number of hydrogen-bond acceptors (Lipinski definition) is 5. The first-order valence-corrected chi connectivity index (χ1v) is 5.31. The molecule has 0 bridgehead atoms. The van der Waals surface area contributed by atoms with Gasteiger partial charge in [0.25, 0.3) is 0 Å². The van der Waals surface area contributed by atoms with Crippen LogP contribution in [0.2, 0.25) is 0 Å². The molecule has 1 fully saturated rings. The summed E-state index contributed by atoms with van der Waals surface area (Å²) in [4.78, 5) is 9.81. The molecule has 1 heterocycles. The molecule has 0 aromatic heterocycles. The lowest BCUT2D eigenvalue weighted by atomic mass is 10.2. The van der Waals surface area contributed by atoms with Crippen LogP contribution >= 0.6 is 0 Å². The second kappa shape index (κ2) is 7.05. The SMILES string of the molecule is N=O.NC1CNCCN1Cc1ccccc1. The van der Waals surface area contributed by atoms with Crippen molar-refractivity contribution >= 4 is 0 Å². The van der Waals surface area contributed by atoms with Crippen molar-refractivity contribution in [2.75, 3.05) is 19.6 Å². The molecular weight excluding hydrogens is 204 g/mol. The van der Waals surface area contributed by atoms with Gasteiger partial charge in [0.1, 0.15) is 0 Å². The smallest absolute Gasteiger partial charge is 0.0703 e. The van der Waals surface area contributed by atoms with E-state index in [1.165, 1.54) is 5.56 Å². The Bertz CT molecular complexity index is 293. The Morgan fingerprint density at radius 2 is 2.06 bits per heavy atom. The molecule has 1 aromatic carbocycles. The molecule has 5 heteroatoms. The molecule has 0 amide bonds. The highest BCUT2D eigenvalue weighted by molar-refractivity contribution is 5.14. The van der Waals surface area contributed by atoms with Gasteiger partial charge in [-0.2, -0.15) is 4.91 Å². The first kappa shape index (κ1) is 12.8. The van der Waals surface area contributed by atoms with Gasteiger partial charge in [-0.1, -0.05) is 35.9 Å². The van der Waals surface area contributed by atoms with Crippen molar-refractivity contribution in [1.82, 2.24) is 10.2 Å². The molecule has 88 valence electrons. The van der Waals surface area contributed by atoms with Crippen LogP contribution in [0.5, 0.6) is 0 Å². The van der Waals surface area contributed by atoms with Gasteiger partial charge in [-0.25, -0.2) is 0 Å². The van der Waals surface area contributed by atoms with Crippen molar-refractivity contribution in [2.24, 2.45) is 5.73 Å². The van der Waals surface area contributed by atoms with Crippen LogP contribution in [-0.4, -0.2) is 30.7 Å². The lowest BCUT2D eigenvalue weighted by Gasteiger charge is -2.33. The number of nitrogens with one attached hydrogen (secondary N) is 2. The second-order valence-corrected chi connectivity index (χ2v) is 3.73. The van der Waals surface area contributed by atoms with E-state index in [0.29, 0.717) is 0 Å².